The molecule has 1 aliphatic rings. The summed E-state index contributed by atoms with van der Waals surface area (Å²) in [4.78, 5) is 22.8. The van der Waals surface area contributed by atoms with Gasteiger partial charge in [0.25, 0.3) is 0 Å². The maximum Gasteiger partial charge on any atom is 0.230 e. The Morgan fingerprint density at radius 1 is 1.39 bits per heavy atom. The third-order valence-electron chi connectivity index (χ3n) is 4.80. The van der Waals surface area contributed by atoms with E-state index in [1.165, 1.54) is 7.11 Å². The molecule has 1 amide bonds. The predicted octanol–water partition coefficient (Wildman–Crippen LogP) is 4.52. The zero-order valence-corrected chi connectivity index (χ0v) is 16.8. The lowest BCUT2D eigenvalue weighted by atomic mass is 10.1. The Bertz CT molecular complexity index is 1040. The van der Waals surface area contributed by atoms with Crippen LogP contribution in [0.3, 0.4) is 0 Å². The fourth-order valence-corrected chi connectivity index (χ4v) is 3.84. The third-order valence-corrected chi connectivity index (χ3v) is 5.26. The van der Waals surface area contributed by atoms with Gasteiger partial charge < -0.3 is 19.4 Å². The number of halogens is 2. The van der Waals surface area contributed by atoms with Crippen molar-refractivity contribution in [3.8, 4) is 5.75 Å². The van der Waals surface area contributed by atoms with Crippen molar-refractivity contribution in [1.29, 1.82) is 0 Å². The first-order valence-electron chi connectivity index (χ1n) is 8.81. The van der Waals surface area contributed by atoms with Crippen molar-refractivity contribution in [3.63, 3.8) is 0 Å². The molecule has 1 saturated heterocycles. The minimum atomic E-state index is -0.0593. The molecule has 0 spiro atoms. The van der Waals surface area contributed by atoms with Gasteiger partial charge in [0.1, 0.15) is 22.8 Å². The number of benzene rings is 1. The van der Waals surface area contributed by atoms with E-state index >= 15 is 0 Å². The van der Waals surface area contributed by atoms with E-state index in [1.54, 1.807) is 17.2 Å². The fourth-order valence-electron chi connectivity index (χ4n) is 3.38. The summed E-state index contributed by atoms with van der Waals surface area (Å²) in [5, 5.41) is 4.28. The molecule has 2 aromatic heterocycles. The van der Waals surface area contributed by atoms with Crippen LogP contribution in [0.15, 0.2) is 28.9 Å². The molecule has 1 fully saturated rings. The van der Waals surface area contributed by atoms with Gasteiger partial charge in [-0.3, -0.25) is 4.79 Å². The molecular weight excluding hydrogens is 403 g/mol. The molecule has 28 heavy (non-hydrogen) atoms. The summed E-state index contributed by atoms with van der Waals surface area (Å²) in [5.74, 6) is 1.59. The maximum atomic E-state index is 12.6. The summed E-state index contributed by atoms with van der Waals surface area (Å²) >= 11 is 12.7. The number of aromatic nitrogens is 2. The van der Waals surface area contributed by atoms with Gasteiger partial charge in [-0.25, -0.2) is 9.97 Å². The largest absolute Gasteiger partial charge is 0.492 e. The molecule has 0 unspecified atom stereocenters. The maximum absolute atomic E-state index is 12.6. The lowest BCUT2D eigenvalue weighted by Crippen LogP contribution is -2.27. The van der Waals surface area contributed by atoms with Gasteiger partial charge in [-0.05, 0) is 36.2 Å². The quantitative estimate of drug-likeness (QED) is 0.610. The predicted molar refractivity (Wildman–Crippen MR) is 108 cm³/mol. The highest BCUT2D eigenvalue weighted by Crippen LogP contribution is 2.45. The molecule has 3 aromatic rings. The Balaban J connectivity index is 1.83. The second-order valence-corrected chi connectivity index (χ2v) is 7.34. The third kappa shape index (κ3) is 3.25. The molecule has 0 aliphatic carbocycles. The molecule has 9 heteroatoms. The topological polar surface area (TPSA) is 80.5 Å². The number of anilines is 2. The van der Waals surface area contributed by atoms with Gasteiger partial charge in [0.2, 0.25) is 11.2 Å². The van der Waals surface area contributed by atoms with Crippen molar-refractivity contribution in [2.45, 2.75) is 19.9 Å². The van der Waals surface area contributed by atoms with Crippen LogP contribution >= 0.6 is 23.2 Å². The minimum Gasteiger partial charge on any atom is -0.492 e. The van der Waals surface area contributed by atoms with Gasteiger partial charge in [0.05, 0.1) is 24.9 Å². The number of fused-ring (bicyclic) bond motifs is 1. The zero-order valence-electron chi connectivity index (χ0n) is 15.3. The average molecular weight is 421 g/mol. The summed E-state index contributed by atoms with van der Waals surface area (Å²) in [5.41, 5.74) is 0.994. The van der Waals surface area contributed by atoms with Crippen LogP contribution in [0, 0.1) is 5.92 Å². The molecule has 146 valence electrons. The molecule has 3 heterocycles. The first-order valence-corrected chi connectivity index (χ1v) is 9.56. The van der Waals surface area contributed by atoms with Gasteiger partial charge in [-0.1, -0.05) is 18.5 Å². The summed E-state index contributed by atoms with van der Waals surface area (Å²) in [6.07, 6.45) is 2.36. The normalized spacial score (nSPS) is 16.8. The van der Waals surface area contributed by atoms with Crippen LogP contribution in [-0.4, -0.2) is 29.5 Å². The van der Waals surface area contributed by atoms with E-state index < -0.39 is 0 Å². The standard InChI is InChI=1S/C19H18Cl2N4O3/c1-10-5-6-25(18(10)26)15-13(20)8-12-14(16(15)27-2)23-19(21)24-17(12)22-9-11-4-3-7-28-11/h3-4,7-8,10H,5-6,9H2,1-2H3,(H,22,23,24)/t10-/m0/s1. The SMILES string of the molecule is COc1c(N2CC[C@H](C)C2=O)c(Cl)cc2c(NCc3ccco3)nc(Cl)nc12. The molecule has 1 N–H and O–H groups in total. The average Bonchev–Trinajstić information content (AvgIpc) is 3.30. The number of carbonyl (C=O) groups excluding carboxylic acids is 1. The molecule has 0 bridgehead atoms. The van der Waals surface area contributed by atoms with Gasteiger partial charge in [0, 0.05) is 17.8 Å². The molecule has 7 nitrogen and oxygen atoms in total. The summed E-state index contributed by atoms with van der Waals surface area (Å²) < 4.78 is 11.0. The van der Waals surface area contributed by atoms with Crippen LogP contribution in [0.4, 0.5) is 11.5 Å². The van der Waals surface area contributed by atoms with Crippen LogP contribution < -0.4 is 15.0 Å². The van der Waals surface area contributed by atoms with Crippen molar-refractivity contribution in [2.24, 2.45) is 5.92 Å². The van der Waals surface area contributed by atoms with Crippen molar-refractivity contribution in [3.05, 3.63) is 40.5 Å². The number of amides is 1. The lowest BCUT2D eigenvalue weighted by molar-refractivity contribution is -0.119. The van der Waals surface area contributed by atoms with E-state index in [-0.39, 0.29) is 17.1 Å². The smallest absolute Gasteiger partial charge is 0.230 e. The molecule has 0 radical (unpaired) electrons. The fraction of sp³-hybridized carbons (Fsp3) is 0.316. The number of rotatable bonds is 5. The van der Waals surface area contributed by atoms with Gasteiger partial charge in [0.15, 0.2) is 5.75 Å². The van der Waals surface area contributed by atoms with Gasteiger partial charge >= 0.3 is 0 Å². The van der Waals surface area contributed by atoms with E-state index in [0.717, 1.165) is 12.2 Å². The number of ether oxygens (including phenoxy) is 1. The van der Waals surface area contributed by atoms with E-state index in [2.05, 4.69) is 15.3 Å². The number of nitrogens with zero attached hydrogens (tertiary/aromatic N) is 3. The Morgan fingerprint density at radius 2 is 2.21 bits per heavy atom. The second-order valence-electron chi connectivity index (χ2n) is 6.59. The highest BCUT2D eigenvalue weighted by Gasteiger charge is 2.33. The van der Waals surface area contributed by atoms with Gasteiger partial charge in [-0.2, -0.15) is 0 Å². The molecule has 1 aliphatic heterocycles. The highest BCUT2D eigenvalue weighted by molar-refractivity contribution is 6.36. The van der Waals surface area contributed by atoms with Crippen molar-refractivity contribution < 1.29 is 13.9 Å². The van der Waals surface area contributed by atoms with E-state index in [0.29, 0.717) is 46.3 Å². The highest BCUT2D eigenvalue weighted by atomic mass is 35.5. The molecule has 0 saturated carbocycles. The second kappa shape index (κ2) is 7.48. The number of hydrogen-bond donors (Lipinski definition) is 1. The van der Waals surface area contributed by atoms with Crippen LogP contribution in [0.25, 0.3) is 10.9 Å². The minimum absolute atomic E-state index is 0.0101. The first-order chi connectivity index (χ1) is 13.5. The first kappa shape index (κ1) is 18.8. The molecule has 1 aromatic carbocycles. The number of methoxy groups -OCH3 is 1. The lowest BCUT2D eigenvalue weighted by Gasteiger charge is -2.22. The Labute approximate surface area is 171 Å². The number of hydrogen-bond acceptors (Lipinski definition) is 6. The number of carbonyl (C=O) groups is 1. The monoisotopic (exact) mass is 420 g/mol. The van der Waals surface area contributed by atoms with Crippen LogP contribution in [0.1, 0.15) is 19.1 Å². The summed E-state index contributed by atoms with van der Waals surface area (Å²) in [6.45, 7) is 2.89. The number of nitrogens with one attached hydrogen (secondary N) is 1. The summed E-state index contributed by atoms with van der Waals surface area (Å²) in [7, 11) is 1.52. The Morgan fingerprint density at radius 3 is 2.86 bits per heavy atom. The van der Waals surface area contributed by atoms with Gasteiger partial charge in [-0.15, -0.1) is 0 Å². The number of furan rings is 1. The summed E-state index contributed by atoms with van der Waals surface area (Å²) in [6, 6.07) is 5.39. The van der Waals surface area contributed by atoms with Crippen molar-refractivity contribution >= 4 is 51.5 Å². The van der Waals surface area contributed by atoms with Crippen LogP contribution in [-0.2, 0) is 11.3 Å². The van der Waals surface area contributed by atoms with Crippen molar-refractivity contribution in [1.82, 2.24) is 9.97 Å². The van der Waals surface area contributed by atoms with Crippen molar-refractivity contribution in [2.75, 3.05) is 23.9 Å². The van der Waals surface area contributed by atoms with E-state index in [4.69, 9.17) is 32.4 Å². The zero-order chi connectivity index (χ0) is 19.8. The van der Waals surface area contributed by atoms with Crippen LogP contribution in [0.5, 0.6) is 5.75 Å². The Kier molecular flexibility index (Phi) is 5.03. The van der Waals surface area contributed by atoms with E-state index in [1.807, 2.05) is 19.1 Å². The molecule has 1 atom stereocenters. The molecular formula is C19H18Cl2N4O3. The van der Waals surface area contributed by atoms with E-state index in [9.17, 15) is 4.79 Å². The Hall–Kier alpha value is -2.51. The van der Waals surface area contributed by atoms with Crippen LogP contribution in [0.2, 0.25) is 10.3 Å². The molecule has 4 rings (SSSR count).